The van der Waals surface area contributed by atoms with E-state index in [0.29, 0.717) is 11.3 Å². The quantitative estimate of drug-likeness (QED) is 0.831. The number of nitrogens with zero attached hydrogens (tertiary/aromatic N) is 1. The Morgan fingerprint density at radius 2 is 2.10 bits per heavy atom. The number of phenolic OH excluding ortho intramolecular Hbond substituents is 1. The van der Waals surface area contributed by atoms with E-state index in [1.165, 1.54) is 13.2 Å². The Balaban J connectivity index is 2.96. The smallest absolute Gasteiger partial charge is 0.254 e. The summed E-state index contributed by atoms with van der Waals surface area (Å²) in [6.07, 6.45) is 2.95. The molecule has 0 radical (unpaired) electrons. The van der Waals surface area contributed by atoms with Gasteiger partial charge in [-0.05, 0) is 38.0 Å². The van der Waals surface area contributed by atoms with Crippen molar-refractivity contribution in [2.45, 2.75) is 46.1 Å². The van der Waals surface area contributed by atoms with E-state index >= 15 is 0 Å². The summed E-state index contributed by atoms with van der Waals surface area (Å²) in [6.45, 7) is 6.98. The van der Waals surface area contributed by atoms with Crippen LogP contribution >= 0.6 is 0 Å². The predicted octanol–water partition coefficient (Wildman–Crippen LogP) is 3.44. The maximum atomic E-state index is 12.6. The first-order valence-electron chi connectivity index (χ1n) is 7.23. The first kappa shape index (κ1) is 16.3. The van der Waals surface area contributed by atoms with Gasteiger partial charge in [0, 0.05) is 18.2 Å². The van der Waals surface area contributed by atoms with Gasteiger partial charge in [-0.15, -0.1) is 0 Å². The molecular formula is C16H25NO3. The summed E-state index contributed by atoms with van der Waals surface area (Å²) in [5, 5.41) is 9.80. The molecule has 0 bridgehead atoms. The number of benzene rings is 1. The number of unbranched alkanes of at least 4 members (excludes halogenated alkanes) is 1. The monoisotopic (exact) mass is 279 g/mol. The average molecular weight is 279 g/mol. The molecule has 1 aromatic carbocycles. The van der Waals surface area contributed by atoms with Crippen LogP contribution in [0.25, 0.3) is 0 Å². The van der Waals surface area contributed by atoms with E-state index in [-0.39, 0.29) is 17.7 Å². The summed E-state index contributed by atoms with van der Waals surface area (Å²) in [6, 6.07) is 4.99. The van der Waals surface area contributed by atoms with Crippen molar-refractivity contribution in [3.8, 4) is 11.5 Å². The lowest BCUT2D eigenvalue weighted by molar-refractivity contribution is 0.0685. The van der Waals surface area contributed by atoms with Crippen molar-refractivity contribution < 1.29 is 14.6 Å². The lowest BCUT2D eigenvalue weighted by Gasteiger charge is -2.28. The van der Waals surface area contributed by atoms with Crippen LogP contribution in [0.5, 0.6) is 11.5 Å². The Labute approximate surface area is 121 Å². The van der Waals surface area contributed by atoms with Gasteiger partial charge in [-0.2, -0.15) is 0 Å². The fraction of sp³-hybridized carbons (Fsp3) is 0.562. The van der Waals surface area contributed by atoms with E-state index in [4.69, 9.17) is 4.74 Å². The maximum Gasteiger partial charge on any atom is 0.254 e. The van der Waals surface area contributed by atoms with Crippen LogP contribution in [0.1, 0.15) is 50.4 Å². The van der Waals surface area contributed by atoms with E-state index in [2.05, 4.69) is 20.8 Å². The summed E-state index contributed by atoms with van der Waals surface area (Å²) in [5.74, 6) is 0.342. The van der Waals surface area contributed by atoms with E-state index < -0.39 is 0 Å². The number of aromatic hydroxyl groups is 1. The zero-order valence-corrected chi connectivity index (χ0v) is 12.8. The summed E-state index contributed by atoms with van der Waals surface area (Å²) >= 11 is 0. The van der Waals surface area contributed by atoms with Crippen molar-refractivity contribution in [2.75, 3.05) is 13.7 Å². The minimum Gasteiger partial charge on any atom is -0.504 e. The fourth-order valence-corrected chi connectivity index (χ4v) is 2.06. The highest BCUT2D eigenvalue weighted by molar-refractivity contribution is 5.95. The molecule has 0 spiro atoms. The molecule has 4 heteroatoms. The van der Waals surface area contributed by atoms with Crippen molar-refractivity contribution in [1.29, 1.82) is 0 Å². The molecule has 0 fully saturated rings. The number of amides is 1. The number of carbonyl (C=O) groups is 1. The van der Waals surface area contributed by atoms with Crippen LogP contribution in [0.3, 0.4) is 0 Å². The fourth-order valence-electron chi connectivity index (χ4n) is 2.06. The van der Waals surface area contributed by atoms with Crippen molar-refractivity contribution in [3.05, 3.63) is 23.8 Å². The van der Waals surface area contributed by atoms with Gasteiger partial charge in [-0.1, -0.05) is 20.3 Å². The Bertz CT molecular complexity index is 445. The van der Waals surface area contributed by atoms with Gasteiger partial charge in [0.05, 0.1) is 7.11 Å². The third-order valence-electron chi connectivity index (χ3n) is 3.56. The van der Waals surface area contributed by atoms with Crippen LogP contribution in [-0.4, -0.2) is 35.6 Å². The number of ether oxygens (including phenoxy) is 1. The second-order valence-electron chi connectivity index (χ2n) is 5.00. The Morgan fingerprint density at radius 3 is 2.60 bits per heavy atom. The lowest BCUT2D eigenvalue weighted by Crippen LogP contribution is -2.39. The zero-order chi connectivity index (χ0) is 15.1. The highest BCUT2D eigenvalue weighted by Gasteiger charge is 2.20. The molecule has 0 aromatic heterocycles. The standard InChI is InChI=1S/C16H25NO3/c1-5-7-10-17(12(3)6-2)16(19)13-8-9-15(20-4)14(18)11-13/h8-9,11-12,18H,5-7,10H2,1-4H3. The second kappa shape index (κ2) is 7.78. The minimum absolute atomic E-state index is 0.00190. The van der Waals surface area contributed by atoms with Crippen LogP contribution in [0.2, 0.25) is 0 Å². The molecule has 4 nitrogen and oxygen atoms in total. The highest BCUT2D eigenvalue weighted by Crippen LogP contribution is 2.27. The van der Waals surface area contributed by atoms with Gasteiger partial charge >= 0.3 is 0 Å². The van der Waals surface area contributed by atoms with Crippen LogP contribution < -0.4 is 4.74 Å². The van der Waals surface area contributed by atoms with Gasteiger partial charge in [0.25, 0.3) is 5.91 Å². The molecular weight excluding hydrogens is 254 g/mol. The number of hydrogen-bond acceptors (Lipinski definition) is 3. The Kier molecular flexibility index (Phi) is 6.36. The molecule has 0 aliphatic carbocycles. The largest absolute Gasteiger partial charge is 0.504 e. The molecule has 0 aliphatic heterocycles. The average Bonchev–Trinajstić information content (AvgIpc) is 2.46. The molecule has 1 unspecified atom stereocenters. The molecule has 112 valence electrons. The van der Waals surface area contributed by atoms with E-state index in [1.54, 1.807) is 12.1 Å². The Morgan fingerprint density at radius 1 is 1.40 bits per heavy atom. The third kappa shape index (κ3) is 3.89. The van der Waals surface area contributed by atoms with Gasteiger partial charge in [-0.25, -0.2) is 0 Å². The molecule has 1 N–H and O–H groups in total. The van der Waals surface area contributed by atoms with Crippen LogP contribution in [0.4, 0.5) is 0 Å². The van der Waals surface area contributed by atoms with E-state index in [1.807, 2.05) is 4.90 Å². The van der Waals surface area contributed by atoms with Crippen LogP contribution in [0, 0.1) is 0 Å². The molecule has 0 saturated heterocycles. The molecule has 1 aromatic rings. The number of hydrogen-bond donors (Lipinski definition) is 1. The number of carbonyl (C=O) groups excluding carboxylic acids is 1. The van der Waals surface area contributed by atoms with Crippen LogP contribution in [0.15, 0.2) is 18.2 Å². The molecule has 1 amide bonds. The summed E-state index contributed by atoms with van der Waals surface area (Å²) in [4.78, 5) is 14.5. The SMILES string of the molecule is CCCCN(C(=O)c1ccc(OC)c(O)c1)C(C)CC. The topological polar surface area (TPSA) is 49.8 Å². The maximum absolute atomic E-state index is 12.6. The first-order chi connectivity index (χ1) is 9.54. The third-order valence-corrected chi connectivity index (χ3v) is 3.56. The normalized spacial score (nSPS) is 12.0. The number of rotatable bonds is 7. The van der Waals surface area contributed by atoms with Gasteiger partial charge in [0.1, 0.15) is 0 Å². The highest BCUT2D eigenvalue weighted by atomic mass is 16.5. The van der Waals surface area contributed by atoms with Crippen molar-refractivity contribution in [1.82, 2.24) is 4.90 Å². The summed E-state index contributed by atoms with van der Waals surface area (Å²) in [7, 11) is 1.49. The number of methoxy groups -OCH3 is 1. The van der Waals surface area contributed by atoms with Gasteiger partial charge < -0.3 is 14.7 Å². The lowest BCUT2D eigenvalue weighted by atomic mass is 10.1. The second-order valence-corrected chi connectivity index (χ2v) is 5.00. The molecule has 0 saturated carbocycles. The van der Waals surface area contributed by atoms with Crippen molar-refractivity contribution in [2.24, 2.45) is 0 Å². The summed E-state index contributed by atoms with van der Waals surface area (Å²) in [5.41, 5.74) is 0.500. The van der Waals surface area contributed by atoms with Gasteiger partial charge in [-0.3, -0.25) is 4.79 Å². The van der Waals surface area contributed by atoms with E-state index in [0.717, 1.165) is 25.8 Å². The van der Waals surface area contributed by atoms with Crippen molar-refractivity contribution in [3.63, 3.8) is 0 Å². The molecule has 20 heavy (non-hydrogen) atoms. The summed E-state index contributed by atoms with van der Waals surface area (Å²) < 4.78 is 5.00. The van der Waals surface area contributed by atoms with Gasteiger partial charge in [0.15, 0.2) is 11.5 Å². The van der Waals surface area contributed by atoms with Crippen LogP contribution in [-0.2, 0) is 0 Å². The minimum atomic E-state index is -0.0363. The molecule has 1 atom stereocenters. The number of phenols is 1. The van der Waals surface area contributed by atoms with Crippen molar-refractivity contribution >= 4 is 5.91 Å². The zero-order valence-electron chi connectivity index (χ0n) is 12.8. The first-order valence-corrected chi connectivity index (χ1v) is 7.23. The molecule has 0 aliphatic rings. The predicted molar refractivity (Wildman–Crippen MR) is 80.4 cm³/mol. The van der Waals surface area contributed by atoms with Gasteiger partial charge in [0.2, 0.25) is 0 Å². The van der Waals surface area contributed by atoms with E-state index in [9.17, 15) is 9.90 Å². The molecule has 0 heterocycles. The Hall–Kier alpha value is -1.71. The molecule has 1 rings (SSSR count).